The normalized spacial score (nSPS) is 10.1. The third-order valence-electron chi connectivity index (χ3n) is 5.93. The van der Waals surface area contributed by atoms with Crippen molar-refractivity contribution in [3.8, 4) is 34.1 Å². The second kappa shape index (κ2) is 17.2. The largest absolute Gasteiger partial charge is 0.478 e. The molecule has 4 N–H and O–H groups in total. The van der Waals surface area contributed by atoms with Crippen molar-refractivity contribution in [2.24, 2.45) is 10.2 Å². The zero-order valence-corrected chi connectivity index (χ0v) is 24.8. The first-order valence-electron chi connectivity index (χ1n) is 13.2. The third-order valence-corrected chi connectivity index (χ3v) is 5.93. The average Bonchev–Trinajstić information content (AvgIpc) is 3.07. The number of hydrogen-bond acceptors (Lipinski definition) is 14. The summed E-state index contributed by atoms with van der Waals surface area (Å²) in [5, 5.41) is 43.9. The molecule has 0 bridgehead atoms. The highest BCUT2D eigenvalue weighted by atomic mass is 16.5. The van der Waals surface area contributed by atoms with Gasteiger partial charge in [0.05, 0.1) is 33.6 Å². The Morgan fingerprint density at radius 2 is 0.680 bits per heavy atom. The van der Waals surface area contributed by atoms with Crippen molar-refractivity contribution in [1.82, 2.24) is 0 Å². The van der Waals surface area contributed by atoms with Crippen LogP contribution in [-0.2, 0) is 19.2 Å². The summed E-state index contributed by atoms with van der Waals surface area (Å²) >= 11 is 0. The maximum absolute atomic E-state index is 11.2. The summed E-state index contributed by atoms with van der Waals surface area (Å²) in [5.74, 6) is -5.13. The van der Waals surface area contributed by atoms with Crippen LogP contribution in [0.1, 0.15) is 41.4 Å². The van der Waals surface area contributed by atoms with Crippen molar-refractivity contribution in [1.29, 1.82) is 0 Å². The minimum atomic E-state index is -1.33. The van der Waals surface area contributed by atoms with Gasteiger partial charge in [0, 0.05) is 24.3 Å². The van der Waals surface area contributed by atoms with Crippen molar-refractivity contribution in [3.05, 3.63) is 95.1 Å². The van der Waals surface area contributed by atoms with Crippen LogP contribution in [0.4, 0.5) is 11.4 Å². The van der Waals surface area contributed by atoms with Gasteiger partial charge >= 0.3 is 23.9 Å². The SMILES string of the molecule is O=COc1cc(N=Nc2cc(C(=O)O)cc(C(=O)O)c2)cc(OC=O)c1.O=COc1cc(OC=O)cc(-c2cc(C(=O)O)cc(C(=O)O)c2)c1. The van der Waals surface area contributed by atoms with E-state index in [1.165, 1.54) is 48.5 Å². The summed E-state index contributed by atoms with van der Waals surface area (Å²) in [6.07, 6.45) is 0. The van der Waals surface area contributed by atoms with Crippen LogP contribution in [0.3, 0.4) is 0 Å². The van der Waals surface area contributed by atoms with Crippen LogP contribution in [0, 0.1) is 0 Å². The minimum Gasteiger partial charge on any atom is -0.478 e. The summed E-state index contributed by atoms with van der Waals surface area (Å²) in [7, 11) is 0. The molecule has 0 unspecified atom stereocenters. The Morgan fingerprint density at radius 3 is 1.00 bits per heavy atom. The maximum atomic E-state index is 11.2. The monoisotopic (exact) mass is 688 g/mol. The predicted molar refractivity (Wildman–Crippen MR) is 164 cm³/mol. The lowest BCUT2D eigenvalue weighted by Crippen LogP contribution is -2.03. The highest BCUT2D eigenvalue weighted by Gasteiger charge is 2.15. The van der Waals surface area contributed by atoms with E-state index in [9.17, 15) is 38.4 Å². The van der Waals surface area contributed by atoms with Gasteiger partial charge in [0.1, 0.15) is 23.0 Å². The molecule has 0 spiro atoms. The van der Waals surface area contributed by atoms with Crippen LogP contribution in [0.5, 0.6) is 23.0 Å². The first-order chi connectivity index (χ1) is 23.9. The van der Waals surface area contributed by atoms with Gasteiger partial charge in [-0.15, -0.1) is 0 Å². The predicted octanol–water partition coefficient (Wildman–Crippen LogP) is 4.39. The summed E-state index contributed by atoms with van der Waals surface area (Å²) in [6.45, 7) is 0.660. The molecule has 50 heavy (non-hydrogen) atoms. The van der Waals surface area contributed by atoms with E-state index in [0.717, 1.165) is 24.3 Å². The lowest BCUT2D eigenvalue weighted by molar-refractivity contribution is -0.122. The number of hydrogen-bond donors (Lipinski definition) is 4. The van der Waals surface area contributed by atoms with Crippen LogP contribution >= 0.6 is 0 Å². The summed E-state index contributed by atoms with van der Waals surface area (Å²) < 4.78 is 18.7. The molecule has 0 saturated heterocycles. The highest BCUT2D eigenvalue weighted by Crippen LogP contribution is 2.32. The molecule has 4 aromatic rings. The van der Waals surface area contributed by atoms with Crippen LogP contribution in [0.2, 0.25) is 0 Å². The number of nitrogens with zero attached hydrogens (tertiary/aromatic N) is 2. The van der Waals surface area contributed by atoms with Gasteiger partial charge in [-0.2, -0.15) is 10.2 Å². The van der Waals surface area contributed by atoms with Crippen molar-refractivity contribution in [3.63, 3.8) is 0 Å². The smallest absolute Gasteiger partial charge is 0.335 e. The second-order valence-corrected chi connectivity index (χ2v) is 9.20. The Bertz CT molecular complexity index is 1900. The number of rotatable bonds is 15. The Hall–Kier alpha value is -7.76. The molecule has 254 valence electrons. The van der Waals surface area contributed by atoms with E-state index in [-0.39, 0.29) is 88.1 Å². The van der Waals surface area contributed by atoms with Gasteiger partial charge in [0.2, 0.25) is 0 Å². The molecule has 0 saturated carbocycles. The van der Waals surface area contributed by atoms with Gasteiger partial charge in [-0.05, 0) is 59.7 Å². The van der Waals surface area contributed by atoms with Gasteiger partial charge in [0.15, 0.2) is 0 Å². The van der Waals surface area contributed by atoms with Crippen molar-refractivity contribution < 1.29 is 77.7 Å². The van der Waals surface area contributed by atoms with Crippen LogP contribution < -0.4 is 18.9 Å². The third kappa shape index (κ3) is 10.4. The van der Waals surface area contributed by atoms with Gasteiger partial charge in [0.25, 0.3) is 25.9 Å². The van der Waals surface area contributed by atoms with Gasteiger partial charge < -0.3 is 39.4 Å². The fraction of sp³-hybridized carbons (Fsp3) is 0. The molecule has 0 atom stereocenters. The Kier molecular flexibility index (Phi) is 12.7. The summed E-state index contributed by atoms with van der Waals surface area (Å²) in [6, 6.07) is 14.6. The Labute approximate surface area is 278 Å². The molecule has 18 heteroatoms. The zero-order chi connectivity index (χ0) is 36.8. The lowest BCUT2D eigenvalue weighted by atomic mass is 9.99. The highest BCUT2D eigenvalue weighted by molar-refractivity contribution is 5.96. The first-order valence-corrected chi connectivity index (χ1v) is 13.2. The Morgan fingerprint density at radius 1 is 0.400 bits per heavy atom. The van der Waals surface area contributed by atoms with E-state index < -0.39 is 23.9 Å². The molecule has 0 aromatic heterocycles. The molecule has 0 fully saturated rings. The standard InChI is InChI=1S/C16H10N2O8.C16H10O8/c19-7-25-13-4-12(5-14(6-13)26-8-20)18-17-11-2-9(15(21)22)1-10(3-11)16(23)24;17-7-23-13-4-10(5-14(6-13)24-8-18)9-1-11(15(19)20)3-12(2-9)16(21)22/h1-8H,(H,21,22)(H,23,24);1-8H,(H,19,20)(H,21,22). The number of carboxylic acids is 4. The number of ether oxygens (including phenoxy) is 4. The molecule has 18 nitrogen and oxygen atoms in total. The Balaban J connectivity index is 0.000000271. The fourth-order valence-corrected chi connectivity index (χ4v) is 3.92. The van der Waals surface area contributed by atoms with Crippen molar-refractivity contribution in [2.45, 2.75) is 0 Å². The van der Waals surface area contributed by atoms with Gasteiger partial charge in [-0.1, -0.05) is 0 Å². The topological polar surface area (TPSA) is 279 Å². The van der Waals surface area contributed by atoms with Crippen molar-refractivity contribution in [2.75, 3.05) is 0 Å². The fourth-order valence-electron chi connectivity index (χ4n) is 3.92. The lowest BCUT2D eigenvalue weighted by Gasteiger charge is -2.09. The van der Waals surface area contributed by atoms with Gasteiger partial charge in [-0.25, -0.2) is 19.2 Å². The summed E-state index contributed by atoms with van der Waals surface area (Å²) in [4.78, 5) is 86.3. The van der Waals surface area contributed by atoms with E-state index in [1.54, 1.807) is 0 Å². The molecule has 0 heterocycles. The molecule has 0 aliphatic heterocycles. The zero-order valence-electron chi connectivity index (χ0n) is 24.8. The number of carbonyl (C=O) groups is 8. The molecule has 0 radical (unpaired) electrons. The number of benzene rings is 4. The van der Waals surface area contributed by atoms with E-state index in [2.05, 4.69) is 19.7 Å². The first kappa shape index (κ1) is 36.7. The second-order valence-electron chi connectivity index (χ2n) is 9.20. The van der Waals surface area contributed by atoms with Crippen LogP contribution in [-0.4, -0.2) is 70.2 Å². The number of azo groups is 1. The number of carbonyl (C=O) groups excluding carboxylic acids is 4. The number of aromatic carboxylic acids is 4. The molecule has 4 aromatic carbocycles. The van der Waals surface area contributed by atoms with E-state index >= 15 is 0 Å². The summed E-state index contributed by atoms with van der Waals surface area (Å²) in [5.41, 5.74) is -0.394. The van der Waals surface area contributed by atoms with Crippen LogP contribution in [0.15, 0.2) is 83.0 Å². The van der Waals surface area contributed by atoms with Crippen LogP contribution in [0.25, 0.3) is 11.1 Å². The van der Waals surface area contributed by atoms with E-state index in [0.29, 0.717) is 5.56 Å². The maximum Gasteiger partial charge on any atom is 0.335 e. The molecule has 4 rings (SSSR count). The van der Waals surface area contributed by atoms with Crippen molar-refractivity contribution >= 4 is 61.1 Å². The van der Waals surface area contributed by atoms with Gasteiger partial charge in [-0.3, -0.25) is 19.2 Å². The molecule has 0 aliphatic carbocycles. The molecule has 0 amide bonds. The minimum absolute atomic E-state index is 0.0261. The molecule has 0 aliphatic rings. The molecular formula is C32H20N2O16. The number of carboxylic acid groups (broad SMARTS) is 4. The van der Waals surface area contributed by atoms with E-state index in [1.807, 2.05) is 0 Å². The quantitative estimate of drug-likeness (QED) is 0.0995. The average molecular weight is 689 g/mol. The van der Waals surface area contributed by atoms with E-state index in [4.69, 9.17) is 29.9 Å². The molecular weight excluding hydrogens is 668 g/mol.